The molecule has 0 aliphatic carbocycles. The third-order valence-electron chi connectivity index (χ3n) is 5.08. The van der Waals surface area contributed by atoms with E-state index < -0.39 is 0 Å². The molecule has 1 fully saturated rings. The second-order valence-corrected chi connectivity index (χ2v) is 7.21. The summed E-state index contributed by atoms with van der Waals surface area (Å²) in [6.07, 6.45) is 2.07. The highest BCUT2D eigenvalue weighted by molar-refractivity contribution is 6.07. The third-order valence-corrected chi connectivity index (χ3v) is 5.08. The van der Waals surface area contributed by atoms with Crippen LogP contribution in [0.4, 0.5) is 0 Å². The van der Waals surface area contributed by atoms with Gasteiger partial charge in [-0.15, -0.1) is 0 Å². The average Bonchev–Trinajstić information content (AvgIpc) is 3.03. The molecule has 1 aromatic carbocycles. The molecule has 4 rings (SSSR count). The van der Waals surface area contributed by atoms with Gasteiger partial charge < -0.3 is 15.3 Å². The molecule has 3 heterocycles. The Hall–Kier alpha value is -2.93. The van der Waals surface area contributed by atoms with Gasteiger partial charge in [-0.25, -0.2) is 4.98 Å². The molecule has 1 saturated heterocycles. The van der Waals surface area contributed by atoms with Gasteiger partial charge in [0.05, 0.1) is 22.3 Å². The number of aromatic amines is 1. The zero-order valence-electron chi connectivity index (χ0n) is 15.5. The number of phenolic OH excluding ortho intramolecular Hbond substituents is 1. The standard InChI is InChI=1S/C20H23N5O2/c1-12-18-16(20(27)21-14-4-3-9-25(2)11-14)10-17(22-19(18)24-23-12)13-5-7-15(26)8-6-13/h5-8,10,14,26H,3-4,9,11H2,1-2H3,(H,21,27)(H,22,23,24). The van der Waals surface area contributed by atoms with E-state index in [0.29, 0.717) is 16.9 Å². The lowest BCUT2D eigenvalue weighted by atomic mass is 10.0. The number of nitrogens with one attached hydrogen (secondary N) is 2. The maximum Gasteiger partial charge on any atom is 0.252 e. The number of nitrogens with zero attached hydrogens (tertiary/aromatic N) is 3. The summed E-state index contributed by atoms with van der Waals surface area (Å²) in [6.45, 7) is 3.79. The minimum Gasteiger partial charge on any atom is -0.508 e. The number of aromatic hydroxyl groups is 1. The Labute approximate surface area is 157 Å². The monoisotopic (exact) mass is 365 g/mol. The maximum absolute atomic E-state index is 13.1. The Morgan fingerprint density at radius 1 is 1.33 bits per heavy atom. The summed E-state index contributed by atoms with van der Waals surface area (Å²) in [6, 6.07) is 8.73. The number of aryl methyl sites for hydroxylation is 1. The minimum atomic E-state index is -0.104. The van der Waals surface area contributed by atoms with E-state index in [1.54, 1.807) is 30.3 Å². The van der Waals surface area contributed by atoms with Gasteiger partial charge >= 0.3 is 0 Å². The number of fused-ring (bicyclic) bond motifs is 1. The predicted molar refractivity (Wildman–Crippen MR) is 104 cm³/mol. The second-order valence-electron chi connectivity index (χ2n) is 7.21. The minimum absolute atomic E-state index is 0.104. The number of piperidine rings is 1. The van der Waals surface area contributed by atoms with Crippen molar-refractivity contribution in [3.63, 3.8) is 0 Å². The zero-order valence-corrected chi connectivity index (χ0v) is 15.5. The molecule has 0 radical (unpaired) electrons. The zero-order chi connectivity index (χ0) is 19.0. The van der Waals surface area contributed by atoms with Crippen LogP contribution in [0.5, 0.6) is 5.75 Å². The number of amides is 1. The summed E-state index contributed by atoms with van der Waals surface area (Å²) in [5.74, 6) is 0.0869. The number of hydrogen-bond acceptors (Lipinski definition) is 5. The van der Waals surface area contributed by atoms with E-state index >= 15 is 0 Å². The molecule has 2 aromatic heterocycles. The summed E-state index contributed by atoms with van der Waals surface area (Å²) < 4.78 is 0. The van der Waals surface area contributed by atoms with Gasteiger partial charge in [0.2, 0.25) is 0 Å². The molecule has 0 spiro atoms. The van der Waals surface area contributed by atoms with Crippen molar-refractivity contribution in [1.82, 2.24) is 25.4 Å². The number of phenols is 1. The van der Waals surface area contributed by atoms with Gasteiger partial charge in [0, 0.05) is 18.2 Å². The Kier molecular flexibility index (Phi) is 4.53. The van der Waals surface area contributed by atoms with Crippen LogP contribution in [0, 0.1) is 6.92 Å². The van der Waals surface area contributed by atoms with Crippen molar-refractivity contribution < 1.29 is 9.90 Å². The van der Waals surface area contributed by atoms with E-state index in [0.717, 1.165) is 42.6 Å². The first-order chi connectivity index (χ1) is 13.0. The molecular weight excluding hydrogens is 342 g/mol. The van der Waals surface area contributed by atoms with Crippen molar-refractivity contribution in [3.8, 4) is 17.0 Å². The van der Waals surface area contributed by atoms with Crippen LogP contribution in [-0.4, -0.2) is 57.3 Å². The summed E-state index contributed by atoms with van der Waals surface area (Å²) >= 11 is 0. The first kappa shape index (κ1) is 17.5. The van der Waals surface area contributed by atoms with Crippen LogP contribution in [0.15, 0.2) is 30.3 Å². The number of hydrogen-bond donors (Lipinski definition) is 3. The number of rotatable bonds is 3. The summed E-state index contributed by atoms with van der Waals surface area (Å²) in [4.78, 5) is 19.9. The van der Waals surface area contributed by atoms with Crippen molar-refractivity contribution in [1.29, 1.82) is 0 Å². The van der Waals surface area contributed by atoms with Gasteiger partial charge in [-0.3, -0.25) is 9.89 Å². The number of carbonyl (C=O) groups is 1. The van der Waals surface area contributed by atoms with Crippen LogP contribution in [0.1, 0.15) is 28.9 Å². The average molecular weight is 365 g/mol. The predicted octanol–water partition coefficient (Wildman–Crippen LogP) is 2.46. The molecule has 1 amide bonds. The number of likely N-dealkylation sites (N-methyl/N-ethyl adjacent to an activating group) is 1. The van der Waals surface area contributed by atoms with Crippen LogP contribution in [0.2, 0.25) is 0 Å². The summed E-state index contributed by atoms with van der Waals surface area (Å²) in [5.41, 5.74) is 3.40. The number of benzene rings is 1. The van der Waals surface area contributed by atoms with E-state index in [-0.39, 0.29) is 17.7 Å². The van der Waals surface area contributed by atoms with Crippen LogP contribution in [0.25, 0.3) is 22.3 Å². The van der Waals surface area contributed by atoms with Gasteiger partial charge in [0.25, 0.3) is 5.91 Å². The summed E-state index contributed by atoms with van der Waals surface area (Å²) in [5, 5.41) is 20.6. The molecule has 0 saturated carbocycles. The first-order valence-corrected chi connectivity index (χ1v) is 9.16. The fourth-order valence-corrected chi connectivity index (χ4v) is 3.69. The van der Waals surface area contributed by atoms with Gasteiger partial charge in [-0.2, -0.15) is 5.10 Å². The topological polar surface area (TPSA) is 94.1 Å². The van der Waals surface area contributed by atoms with Crippen molar-refractivity contribution >= 4 is 16.9 Å². The van der Waals surface area contributed by atoms with E-state index in [1.807, 2.05) is 6.92 Å². The SMILES string of the molecule is Cc1n[nH]c2nc(-c3ccc(O)cc3)cc(C(=O)NC3CCCN(C)C3)c12. The molecule has 7 nitrogen and oxygen atoms in total. The number of likely N-dealkylation sites (tertiary alicyclic amines) is 1. The van der Waals surface area contributed by atoms with Gasteiger partial charge in [0.1, 0.15) is 5.75 Å². The number of pyridine rings is 1. The Morgan fingerprint density at radius 3 is 2.85 bits per heavy atom. The van der Waals surface area contributed by atoms with E-state index in [9.17, 15) is 9.90 Å². The first-order valence-electron chi connectivity index (χ1n) is 9.16. The Balaban J connectivity index is 1.72. The molecular formula is C20H23N5O2. The van der Waals surface area contributed by atoms with Crippen molar-refractivity contribution in [2.24, 2.45) is 0 Å². The molecule has 1 aliphatic rings. The van der Waals surface area contributed by atoms with Crippen molar-refractivity contribution in [2.45, 2.75) is 25.8 Å². The van der Waals surface area contributed by atoms with Gasteiger partial charge in [0.15, 0.2) is 5.65 Å². The molecule has 3 N–H and O–H groups in total. The van der Waals surface area contributed by atoms with Gasteiger partial charge in [-0.05, 0) is 63.7 Å². The van der Waals surface area contributed by atoms with E-state index in [1.165, 1.54) is 0 Å². The molecule has 1 unspecified atom stereocenters. The van der Waals surface area contributed by atoms with E-state index in [4.69, 9.17) is 0 Å². The lowest BCUT2D eigenvalue weighted by molar-refractivity contribution is 0.0914. The quantitative estimate of drug-likeness (QED) is 0.663. The molecule has 27 heavy (non-hydrogen) atoms. The number of aromatic nitrogens is 3. The van der Waals surface area contributed by atoms with Crippen LogP contribution >= 0.6 is 0 Å². The molecule has 1 aliphatic heterocycles. The number of carbonyl (C=O) groups excluding carboxylic acids is 1. The molecule has 1 atom stereocenters. The van der Waals surface area contributed by atoms with E-state index in [2.05, 4.69) is 32.4 Å². The lowest BCUT2D eigenvalue weighted by Crippen LogP contribution is -2.46. The molecule has 140 valence electrons. The number of H-pyrrole nitrogens is 1. The lowest BCUT2D eigenvalue weighted by Gasteiger charge is -2.30. The largest absolute Gasteiger partial charge is 0.508 e. The van der Waals surface area contributed by atoms with Crippen molar-refractivity contribution in [2.75, 3.05) is 20.1 Å². The van der Waals surface area contributed by atoms with Gasteiger partial charge in [-0.1, -0.05) is 0 Å². The molecule has 7 heteroatoms. The summed E-state index contributed by atoms with van der Waals surface area (Å²) in [7, 11) is 2.08. The highest BCUT2D eigenvalue weighted by Crippen LogP contribution is 2.27. The highest BCUT2D eigenvalue weighted by atomic mass is 16.3. The smallest absolute Gasteiger partial charge is 0.252 e. The van der Waals surface area contributed by atoms with Crippen LogP contribution in [0.3, 0.4) is 0 Å². The fourth-order valence-electron chi connectivity index (χ4n) is 3.69. The second kappa shape index (κ2) is 7.00. The molecule has 3 aromatic rings. The van der Waals surface area contributed by atoms with Crippen LogP contribution in [-0.2, 0) is 0 Å². The Morgan fingerprint density at radius 2 is 2.11 bits per heavy atom. The van der Waals surface area contributed by atoms with Crippen LogP contribution < -0.4 is 5.32 Å². The Bertz CT molecular complexity index is 980. The highest BCUT2D eigenvalue weighted by Gasteiger charge is 2.23. The maximum atomic E-state index is 13.1. The molecule has 0 bridgehead atoms. The van der Waals surface area contributed by atoms with Crippen molar-refractivity contribution in [3.05, 3.63) is 41.6 Å². The fraction of sp³-hybridized carbons (Fsp3) is 0.350. The normalized spacial score (nSPS) is 17.9. The third kappa shape index (κ3) is 3.50.